The fourth-order valence-corrected chi connectivity index (χ4v) is 5.74. The molecule has 2 unspecified atom stereocenters. The van der Waals surface area contributed by atoms with Crippen LogP contribution in [0.1, 0.15) is 51.7 Å². The van der Waals surface area contributed by atoms with E-state index in [4.69, 9.17) is 42.5 Å². The first-order valence-electron chi connectivity index (χ1n) is 16.2. The summed E-state index contributed by atoms with van der Waals surface area (Å²) < 4.78 is 23.7. The van der Waals surface area contributed by atoms with Gasteiger partial charge in [0.2, 0.25) is 0 Å². The summed E-state index contributed by atoms with van der Waals surface area (Å²) in [6.07, 6.45) is 4.33. The van der Waals surface area contributed by atoms with E-state index in [2.05, 4.69) is 134 Å². The molecule has 0 bridgehead atoms. The van der Waals surface area contributed by atoms with Gasteiger partial charge in [-0.2, -0.15) is 0 Å². The molecule has 0 aliphatic carbocycles. The van der Waals surface area contributed by atoms with Crippen molar-refractivity contribution in [3.8, 4) is 119 Å². The molecule has 1 aromatic heterocycles. The quantitative estimate of drug-likeness (QED) is 0.0724. The molecule has 0 spiro atoms. The number of ether oxygens (including phenoxy) is 2. The van der Waals surface area contributed by atoms with E-state index in [1.54, 1.807) is 6.92 Å². The van der Waals surface area contributed by atoms with Crippen LogP contribution in [0.2, 0.25) is 0 Å². The zero-order valence-corrected chi connectivity index (χ0v) is 32.3. The van der Waals surface area contributed by atoms with Crippen LogP contribution in [0, 0.1) is 124 Å². The maximum Gasteiger partial charge on any atom is 0.330 e. The summed E-state index contributed by atoms with van der Waals surface area (Å²) in [5.74, 6) is 47.9. The zero-order valence-electron chi connectivity index (χ0n) is 29.7. The van der Waals surface area contributed by atoms with Crippen molar-refractivity contribution >= 4 is 35.9 Å². The average molecular weight is 779 g/mol. The lowest BCUT2D eigenvalue weighted by molar-refractivity contribution is -0.0550. The first-order valence-corrected chi connectivity index (χ1v) is 19.2. The van der Waals surface area contributed by atoms with Crippen LogP contribution >= 0.6 is 18.9 Å². The molecule has 1 aliphatic rings. The molecule has 0 aromatic carbocycles. The van der Waals surface area contributed by atoms with Crippen molar-refractivity contribution in [2.75, 3.05) is 27.4 Å². The van der Waals surface area contributed by atoms with E-state index in [9.17, 15) is 14.5 Å². The number of unbranched alkanes of at least 4 members (excludes halogenated alkanes) is 4. The molecule has 5 atom stereocenters. The van der Waals surface area contributed by atoms with E-state index in [-0.39, 0.29) is 12.5 Å². The van der Waals surface area contributed by atoms with Crippen molar-refractivity contribution in [2.24, 2.45) is 5.92 Å². The summed E-state index contributed by atoms with van der Waals surface area (Å²) in [5, 5.41) is 6.24. The zero-order chi connectivity index (χ0) is 39.3. The van der Waals surface area contributed by atoms with Crippen LogP contribution < -0.4 is 21.9 Å². The maximum absolute atomic E-state index is 12.6. The molecule has 1 aliphatic heterocycles. The molecule has 0 saturated carbocycles. The summed E-state index contributed by atoms with van der Waals surface area (Å²) in [6, 6.07) is 3.89. The molecular weight excluding hydrogens is 744 g/mol. The summed E-state index contributed by atoms with van der Waals surface area (Å²) in [5.41, 5.74) is -1.13. The normalized spacial score (nSPS) is 16.6. The molecule has 1 fully saturated rings. The van der Waals surface area contributed by atoms with Gasteiger partial charge in [-0.15, -0.1) is 0 Å². The molecule has 1 aromatic rings. The number of aromatic amines is 1. The highest BCUT2D eigenvalue weighted by Gasteiger charge is 2.48. The van der Waals surface area contributed by atoms with Crippen LogP contribution in [-0.2, 0) is 30.3 Å². The van der Waals surface area contributed by atoms with Gasteiger partial charge in [0, 0.05) is 104 Å². The monoisotopic (exact) mass is 778 g/mol. The minimum absolute atomic E-state index is 0.139. The molecule has 274 valence electrons. The van der Waals surface area contributed by atoms with E-state index in [0.717, 1.165) is 32.1 Å². The van der Waals surface area contributed by atoms with Crippen molar-refractivity contribution < 1.29 is 23.4 Å². The lowest BCUT2D eigenvalue weighted by atomic mass is 9.93. The minimum Gasteiger partial charge on any atom is -0.382 e. The van der Waals surface area contributed by atoms with Crippen molar-refractivity contribution in [1.82, 2.24) is 20.2 Å². The van der Waals surface area contributed by atoms with Crippen molar-refractivity contribution in [2.45, 2.75) is 63.9 Å². The second kappa shape index (κ2) is 27.1. The molecule has 0 radical (unpaired) electrons. The van der Waals surface area contributed by atoms with Crippen LogP contribution in [0.4, 0.5) is 0 Å². The summed E-state index contributed by atoms with van der Waals surface area (Å²) in [6.45, 7) is -1.08. The van der Waals surface area contributed by atoms with Gasteiger partial charge in [-0.1, -0.05) is 31.6 Å². The molecule has 0 amide bonds. The smallest absolute Gasteiger partial charge is 0.330 e. The number of hydrogen-bond donors (Lipinski definition) is 4. The number of nitrogens with zero attached hydrogens (tertiary/aromatic N) is 1. The highest BCUT2D eigenvalue weighted by atomic mass is 32.5. The molecular formula is C40H35N4O7PS2. The standard InChI is InChI=1S/C40H35N4O7PS2/c1-4-5-6-7-8-9-10-11-12-13-14-15-16-17-18-19-20-23-26-30-41-39(53)42-31-27-24-21-22-25-28-34-37(51-52(47,54)49-3)35(33-48-2)50-38(34)44-32-29-36(45)43-40(44)46/h29,32,34-35,37-38H,21-22,24-25,27-28,31,33H2,1-3H3,(H,47,54)(H2,41,42,53)(H,43,45,46)/t34-,35+,37?,38+,52?/m0/s1. The maximum atomic E-state index is 12.6. The van der Waals surface area contributed by atoms with Crippen molar-refractivity contribution in [3.05, 3.63) is 33.1 Å². The van der Waals surface area contributed by atoms with Gasteiger partial charge in [-0.25, -0.2) is 4.79 Å². The second-order valence-electron chi connectivity index (χ2n) is 10.5. The summed E-state index contributed by atoms with van der Waals surface area (Å²) >= 11 is 10.4. The number of methoxy groups -OCH3 is 1. The lowest BCUT2D eigenvalue weighted by Gasteiger charge is -2.27. The number of rotatable bonds is 14. The number of nitrogens with one attached hydrogen (secondary N) is 3. The number of aromatic nitrogens is 2. The van der Waals surface area contributed by atoms with E-state index in [0.29, 0.717) is 18.1 Å². The molecule has 14 heteroatoms. The Hall–Kier alpha value is -5.58. The van der Waals surface area contributed by atoms with Gasteiger partial charge in [0.25, 0.3) is 5.56 Å². The molecule has 2 heterocycles. The third-order valence-electron chi connectivity index (χ3n) is 6.84. The SMILES string of the molecule is CC#CC#CC#CC#CC#CC#CC#CC#CC#CC#CNC(=S)NCCCCCCC[C@H]1C(OP(O)(=S)OC)[C@@H](COC)O[C@H]1n1ccc(=O)[nH]c1=O. The van der Waals surface area contributed by atoms with Crippen LogP contribution in [0.25, 0.3) is 0 Å². The van der Waals surface area contributed by atoms with Crippen LogP contribution in [0.3, 0.4) is 0 Å². The van der Waals surface area contributed by atoms with E-state index in [1.807, 2.05) is 0 Å². The van der Waals surface area contributed by atoms with Gasteiger partial charge in [-0.05, 0) is 91.2 Å². The molecule has 11 nitrogen and oxygen atoms in total. The van der Waals surface area contributed by atoms with E-state index < -0.39 is 36.4 Å². The Balaban J connectivity index is 1.73. The topological polar surface area (TPSA) is 136 Å². The van der Waals surface area contributed by atoms with Crippen LogP contribution in [0.5, 0.6) is 0 Å². The highest BCUT2D eigenvalue weighted by molar-refractivity contribution is 8.07. The fraction of sp³-hybridized carbons (Fsp3) is 0.375. The fourth-order valence-electron chi connectivity index (χ4n) is 4.61. The highest BCUT2D eigenvalue weighted by Crippen LogP contribution is 2.50. The molecule has 54 heavy (non-hydrogen) atoms. The van der Waals surface area contributed by atoms with E-state index in [1.165, 1.54) is 31.0 Å². The number of hydrogen-bond acceptors (Lipinski definition) is 8. The Kier molecular flexibility index (Phi) is 22.4. The van der Waals surface area contributed by atoms with Gasteiger partial charge in [0.05, 0.1) is 6.61 Å². The van der Waals surface area contributed by atoms with Crippen LogP contribution in [-0.4, -0.2) is 59.1 Å². The predicted octanol–water partition coefficient (Wildman–Crippen LogP) is 1.76. The first-order chi connectivity index (χ1) is 26.2. The Labute approximate surface area is 327 Å². The lowest BCUT2D eigenvalue weighted by Crippen LogP contribution is -2.35. The van der Waals surface area contributed by atoms with Crippen molar-refractivity contribution in [1.29, 1.82) is 0 Å². The average Bonchev–Trinajstić information content (AvgIpc) is 3.46. The number of thiocarbonyl (C=S) groups is 1. The molecule has 2 rings (SSSR count). The molecule has 4 N–H and O–H groups in total. The van der Waals surface area contributed by atoms with Crippen molar-refractivity contribution in [3.63, 3.8) is 0 Å². The summed E-state index contributed by atoms with van der Waals surface area (Å²) in [7, 11) is 2.78. The van der Waals surface area contributed by atoms with Crippen LogP contribution in [0.15, 0.2) is 21.9 Å². The largest absolute Gasteiger partial charge is 0.382 e. The second-order valence-corrected chi connectivity index (χ2v) is 13.8. The minimum atomic E-state index is -3.56. The Morgan fingerprint density at radius 3 is 1.94 bits per heavy atom. The third kappa shape index (κ3) is 18.8. The summed E-state index contributed by atoms with van der Waals surface area (Å²) in [4.78, 5) is 37.0. The Bertz CT molecular complexity index is 2310. The van der Waals surface area contributed by atoms with Gasteiger partial charge in [-0.3, -0.25) is 19.7 Å². The van der Waals surface area contributed by atoms with E-state index >= 15 is 0 Å². The first kappa shape index (κ1) is 44.6. The Morgan fingerprint density at radius 2 is 1.41 bits per heavy atom. The molecule has 1 saturated heterocycles. The number of H-pyrrole nitrogens is 1. The van der Waals surface area contributed by atoms with Gasteiger partial charge < -0.3 is 28.7 Å². The third-order valence-corrected chi connectivity index (χ3v) is 8.76. The Morgan fingerprint density at radius 1 is 0.870 bits per heavy atom. The van der Waals surface area contributed by atoms with Gasteiger partial charge in [0.15, 0.2) is 5.11 Å². The predicted molar refractivity (Wildman–Crippen MR) is 214 cm³/mol. The van der Waals surface area contributed by atoms with Gasteiger partial charge in [0.1, 0.15) is 18.4 Å². The van der Waals surface area contributed by atoms with Gasteiger partial charge >= 0.3 is 12.4 Å².